The lowest BCUT2D eigenvalue weighted by molar-refractivity contribution is 0.126. The van der Waals surface area contributed by atoms with Crippen LogP contribution in [0.15, 0.2) is 0 Å². The zero-order valence-electron chi connectivity index (χ0n) is 10.4. The van der Waals surface area contributed by atoms with Crippen LogP contribution >= 0.6 is 12.2 Å². The van der Waals surface area contributed by atoms with Crippen molar-refractivity contribution in [2.75, 3.05) is 25.4 Å². The first-order valence-electron chi connectivity index (χ1n) is 6.38. The average molecular weight is 292 g/mol. The van der Waals surface area contributed by atoms with E-state index in [9.17, 15) is 8.42 Å². The van der Waals surface area contributed by atoms with Crippen molar-refractivity contribution >= 4 is 27.2 Å². The van der Waals surface area contributed by atoms with Crippen LogP contribution in [0, 0.1) is 5.92 Å². The molecule has 0 bridgehead atoms. The van der Waals surface area contributed by atoms with Gasteiger partial charge in [-0.3, -0.25) is 0 Å². The Hall–Kier alpha value is -0.240. The molecule has 18 heavy (non-hydrogen) atoms. The minimum atomic E-state index is -3.24. The lowest BCUT2D eigenvalue weighted by Gasteiger charge is -2.31. The lowest BCUT2D eigenvalue weighted by atomic mass is 10.0. The van der Waals surface area contributed by atoms with Gasteiger partial charge in [0.2, 0.25) is 10.0 Å². The van der Waals surface area contributed by atoms with E-state index >= 15 is 0 Å². The Morgan fingerprint density at radius 1 is 1.39 bits per heavy atom. The predicted molar refractivity (Wildman–Crippen MR) is 73.8 cm³/mol. The van der Waals surface area contributed by atoms with Gasteiger partial charge in [0, 0.05) is 25.6 Å². The highest BCUT2D eigenvalue weighted by molar-refractivity contribution is 7.89. The van der Waals surface area contributed by atoms with Gasteiger partial charge in [0.05, 0.1) is 16.8 Å². The maximum Gasteiger partial charge on any atom is 0.216 e. The minimum Gasteiger partial charge on any atom is -0.393 e. The van der Waals surface area contributed by atoms with Crippen LogP contribution in [0.2, 0.25) is 0 Å². The summed E-state index contributed by atoms with van der Waals surface area (Å²) in [6.45, 7) is 1.69. The molecule has 0 spiro atoms. The van der Waals surface area contributed by atoms with Gasteiger partial charge in [-0.25, -0.2) is 12.7 Å². The monoisotopic (exact) mass is 292 g/mol. The van der Waals surface area contributed by atoms with Crippen molar-refractivity contribution in [3.8, 4) is 0 Å². The van der Waals surface area contributed by atoms with Crippen LogP contribution in [0.5, 0.6) is 0 Å². The molecule has 104 valence electrons. The largest absolute Gasteiger partial charge is 0.393 e. The standard InChI is InChI=1S/C11H20N2O3S2/c12-11(17)9-3-1-5-13(7-9)18(14,15)8-10-4-2-6-16-10/h9-10H,1-8H2,(H2,12,17). The fourth-order valence-corrected chi connectivity index (χ4v) is 4.49. The number of hydrogen-bond acceptors (Lipinski definition) is 4. The molecule has 0 amide bonds. The summed E-state index contributed by atoms with van der Waals surface area (Å²) in [5, 5.41) is 0. The first-order valence-corrected chi connectivity index (χ1v) is 8.39. The number of sulfonamides is 1. The molecule has 0 aromatic heterocycles. The van der Waals surface area contributed by atoms with Crippen molar-refractivity contribution in [3.63, 3.8) is 0 Å². The third-order valence-electron chi connectivity index (χ3n) is 3.60. The summed E-state index contributed by atoms with van der Waals surface area (Å²) in [5.41, 5.74) is 5.62. The van der Waals surface area contributed by atoms with E-state index in [4.69, 9.17) is 22.7 Å². The van der Waals surface area contributed by atoms with Crippen molar-refractivity contribution < 1.29 is 13.2 Å². The van der Waals surface area contributed by atoms with Crippen molar-refractivity contribution in [2.45, 2.75) is 31.8 Å². The summed E-state index contributed by atoms with van der Waals surface area (Å²) < 4.78 is 31.5. The van der Waals surface area contributed by atoms with Crippen molar-refractivity contribution in [1.82, 2.24) is 4.31 Å². The fourth-order valence-electron chi connectivity index (χ4n) is 2.54. The highest BCUT2D eigenvalue weighted by Gasteiger charge is 2.32. The van der Waals surface area contributed by atoms with E-state index in [0.717, 1.165) is 25.7 Å². The maximum absolute atomic E-state index is 12.3. The number of nitrogens with zero attached hydrogens (tertiary/aromatic N) is 1. The van der Waals surface area contributed by atoms with E-state index in [-0.39, 0.29) is 17.8 Å². The quantitative estimate of drug-likeness (QED) is 0.764. The Kier molecular flexibility index (Phi) is 4.58. The molecular formula is C11H20N2O3S2. The van der Waals surface area contributed by atoms with E-state index < -0.39 is 10.0 Å². The minimum absolute atomic E-state index is 0.0213. The summed E-state index contributed by atoms with van der Waals surface area (Å²) in [6.07, 6.45) is 3.37. The second kappa shape index (κ2) is 5.81. The molecule has 2 heterocycles. The van der Waals surface area contributed by atoms with Gasteiger partial charge < -0.3 is 10.5 Å². The Morgan fingerprint density at radius 2 is 2.17 bits per heavy atom. The maximum atomic E-state index is 12.3. The van der Waals surface area contributed by atoms with Crippen LogP contribution in [0.25, 0.3) is 0 Å². The molecule has 2 N–H and O–H groups in total. The summed E-state index contributed by atoms with van der Waals surface area (Å²) in [4.78, 5) is 0.423. The molecule has 2 saturated heterocycles. The molecule has 2 aliphatic rings. The van der Waals surface area contributed by atoms with E-state index in [2.05, 4.69) is 0 Å². The first-order chi connectivity index (χ1) is 8.49. The molecule has 2 rings (SSSR count). The van der Waals surface area contributed by atoms with Crippen molar-refractivity contribution in [2.24, 2.45) is 11.7 Å². The van der Waals surface area contributed by atoms with Gasteiger partial charge in [-0.1, -0.05) is 12.2 Å². The molecule has 5 nitrogen and oxygen atoms in total. The van der Waals surface area contributed by atoms with Gasteiger partial charge in [0.1, 0.15) is 0 Å². The van der Waals surface area contributed by atoms with Crippen LogP contribution in [-0.4, -0.2) is 49.3 Å². The van der Waals surface area contributed by atoms with Gasteiger partial charge in [-0.05, 0) is 25.7 Å². The second-order valence-corrected chi connectivity index (χ2v) is 7.50. The fraction of sp³-hybridized carbons (Fsp3) is 0.909. The number of piperidine rings is 1. The SMILES string of the molecule is NC(=S)C1CCCN(S(=O)(=O)CC2CCCO2)C1. The molecular weight excluding hydrogens is 272 g/mol. The van der Waals surface area contributed by atoms with Gasteiger partial charge in [-0.2, -0.15) is 0 Å². The van der Waals surface area contributed by atoms with E-state index in [1.165, 1.54) is 4.31 Å². The molecule has 2 unspecified atom stereocenters. The van der Waals surface area contributed by atoms with E-state index in [1.54, 1.807) is 0 Å². The number of nitrogens with two attached hydrogens (primary N) is 1. The van der Waals surface area contributed by atoms with Crippen molar-refractivity contribution in [3.05, 3.63) is 0 Å². The van der Waals surface area contributed by atoms with Gasteiger partial charge in [0.25, 0.3) is 0 Å². The number of rotatable bonds is 4. The molecule has 2 fully saturated rings. The zero-order chi connectivity index (χ0) is 13.2. The predicted octanol–water partition coefficient (Wildman–Crippen LogP) is 0.493. The Bertz CT molecular complexity index is 405. The van der Waals surface area contributed by atoms with Crippen LogP contribution in [0.1, 0.15) is 25.7 Å². The van der Waals surface area contributed by atoms with Gasteiger partial charge in [-0.15, -0.1) is 0 Å². The third-order valence-corrected chi connectivity index (χ3v) is 5.85. The molecule has 7 heteroatoms. The van der Waals surface area contributed by atoms with Crippen LogP contribution in [0.3, 0.4) is 0 Å². The van der Waals surface area contributed by atoms with Crippen LogP contribution in [-0.2, 0) is 14.8 Å². The molecule has 2 aliphatic heterocycles. The Balaban J connectivity index is 1.97. The normalized spacial score (nSPS) is 30.4. The average Bonchev–Trinajstić information content (AvgIpc) is 2.81. The number of ether oxygens (including phenoxy) is 1. The molecule has 0 radical (unpaired) electrons. The van der Waals surface area contributed by atoms with Gasteiger partial charge in [0.15, 0.2) is 0 Å². The first kappa shape index (κ1) is 14.2. The Morgan fingerprint density at radius 3 is 2.78 bits per heavy atom. The topological polar surface area (TPSA) is 72.6 Å². The van der Waals surface area contributed by atoms with E-state index in [1.807, 2.05) is 0 Å². The van der Waals surface area contributed by atoms with Crippen LogP contribution in [0.4, 0.5) is 0 Å². The van der Waals surface area contributed by atoms with Crippen molar-refractivity contribution in [1.29, 1.82) is 0 Å². The summed E-state index contributed by atoms with van der Waals surface area (Å²) in [6, 6.07) is 0. The Labute approximate surface area is 114 Å². The smallest absolute Gasteiger partial charge is 0.216 e. The lowest BCUT2D eigenvalue weighted by Crippen LogP contribution is -2.45. The highest BCUT2D eigenvalue weighted by Crippen LogP contribution is 2.22. The third kappa shape index (κ3) is 3.40. The second-order valence-electron chi connectivity index (χ2n) is 5.01. The van der Waals surface area contributed by atoms with Gasteiger partial charge >= 0.3 is 0 Å². The molecule has 0 saturated carbocycles. The molecule has 0 aromatic rings. The van der Waals surface area contributed by atoms with E-state index in [0.29, 0.717) is 24.7 Å². The highest BCUT2D eigenvalue weighted by atomic mass is 32.2. The summed E-state index contributed by atoms with van der Waals surface area (Å²) in [7, 11) is -3.24. The van der Waals surface area contributed by atoms with Crippen LogP contribution < -0.4 is 5.73 Å². The summed E-state index contributed by atoms with van der Waals surface area (Å²) in [5.74, 6) is 0.116. The number of thiocarbonyl (C=S) groups is 1. The zero-order valence-corrected chi connectivity index (χ0v) is 12.0. The summed E-state index contributed by atoms with van der Waals surface area (Å²) >= 11 is 4.97. The molecule has 2 atom stereocenters. The number of hydrogen-bond donors (Lipinski definition) is 1. The molecule has 0 aliphatic carbocycles. The molecule has 0 aromatic carbocycles.